The van der Waals surface area contributed by atoms with E-state index in [4.69, 9.17) is 4.74 Å². The number of fused-ring (bicyclic) bond motifs is 2. The van der Waals surface area contributed by atoms with Gasteiger partial charge in [0, 0.05) is 6.54 Å². The first-order valence-corrected chi connectivity index (χ1v) is 8.02. The van der Waals surface area contributed by atoms with Crippen LogP contribution in [-0.2, 0) is 16.1 Å². The molecule has 1 amide bonds. The first-order chi connectivity index (χ1) is 10.8. The fourth-order valence-electron chi connectivity index (χ4n) is 3.66. The number of rotatable bonds is 2. The number of aromatic nitrogens is 3. The zero-order valence-electron chi connectivity index (χ0n) is 12.5. The summed E-state index contributed by atoms with van der Waals surface area (Å²) in [5.74, 6) is 0.121. The quantitative estimate of drug-likeness (QED) is 0.845. The zero-order chi connectivity index (χ0) is 14.9. The molecule has 116 valence electrons. The van der Waals surface area contributed by atoms with Crippen LogP contribution in [0.2, 0.25) is 0 Å². The van der Waals surface area contributed by atoms with Crippen LogP contribution in [0.4, 0.5) is 0 Å². The summed E-state index contributed by atoms with van der Waals surface area (Å²) >= 11 is 0. The summed E-state index contributed by atoms with van der Waals surface area (Å²) in [7, 11) is 0. The molecular formula is C16H20N4O2. The lowest BCUT2D eigenvalue weighted by Gasteiger charge is -2.43. The van der Waals surface area contributed by atoms with Crippen LogP contribution in [-0.4, -0.2) is 51.1 Å². The van der Waals surface area contributed by atoms with Crippen molar-refractivity contribution in [2.24, 2.45) is 0 Å². The number of para-hydroxylation sites is 1. The lowest BCUT2D eigenvalue weighted by atomic mass is 9.90. The van der Waals surface area contributed by atoms with Crippen LogP contribution in [0.25, 0.3) is 11.0 Å². The first-order valence-electron chi connectivity index (χ1n) is 8.02. The number of carbonyl (C=O) groups is 1. The number of benzene rings is 1. The molecule has 4 rings (SSSR count). The highest BCUT2D eigenvalue weighted by Gasteiger charge is 2.36. The molecule has 2 aliphatic rings. The Balaban J connectivity index is 1.53. The third-order valence-corrected chi connectivity index (χ3v) is 4.76. The zero-order valence-corrected chi connectivity index (χ0v) is 12.5. The van der Waals surface area contributed by atoms with Gasteiger partial charge in [-0.05, 0) is 25.0 Å². The fraction of sp³-hybridized carbons (Fsp3) is 0.562. The first kappa shape index (κ1) is 13.7. The van der Waals surface area contributed by atoms with Gasteiger partial charge in [0.1, 0.15) is 12.1 Å². The van der Waals surface area contributed by atoms with Gasteiger partial charge in [0.05, 0.1) is 24.3 Å². The molecule has 22 heavy (non-hydrogen) atoms. The molecular weight excluding hydrogens is 280 g/mol. The molecule has 2 aromatic rings. The van der Waals surface area contributed by atoms with Crippen molar-refractivity contribution in [1.29, 1.82) is 0 Å². The summed E-state index contributed by atoms with van der Waals surface area (Å²) in [6.07, 6.45) is 4.73. The molecule has 0 unspecified atom stereocenters. The van der Waals surface area contributed by atoms with Crippen LogP contribution < -0.4 is 0 Å². The Kier molecular flexibility index (Phi) is 3.54. The molecule has 0 radical (unpaired) electrons. The van der Waals surface area contributed by atoms with Crippen molar-refractivity contribution in [3.8, 4) is 0 Å². The predicted molar refractivity (Wildman–Crippen MR) is 81.2 cm³/mol. The lowest BCUT2D eigenvalue weighted by molar-refractivity contribution is -0.150. The van der Waals surface area contributed by atoms with Crippen LogP contribution in [0.15, 0.2) is 24.3 Å². The molecule has 2 fully saturated rings. The van der Waals surface area contributed by atoms with E-state index in [2.05, 4.69) is 10.3 Å². The summed E-state index contributed by atoms with van der Waals surface area (Å²) < 4.78 is 7.54. The predicted octanol–water partition coefficient (Wildman–Crippen LogP) is 1.60. The summed E-state index contributed by atoms with van der Waals surface area (Å²) in [6, 6.07) is 7.97. The normalized spacial score (nSPS) is 25.2. The third kappa shape index (κ3) is 2.37. The van der Waals surface area contributed by atoms with Crippen molar-refractivity contribution in [2.75, 3.05) is 13.2 Å². The van der Waals surface area contributed by atoms with Crippen LogP contribution in [0.3, 0.4) is 0 Å². The van der Waals surface area contributed by atoms with E-state index in [9.17, 15) is 4.79 Å². The van der Waals surface area contributed by atoms with Crippen molar-refractivity contribution in [3.05, 3.63) is 24.3 Å². The van der Waals surface area contributed by atoms with E-state index in [0.717, 1.165) is 23.9 Å². The summed E-state index contributed by atoms with van der Waals surface area (Å²) in [5, 5.41) is 8.24. The van der Waals surface area contributed by atoms with Gasteiger partial charge in [0.2, 0.25) is 5.91 Å². The average molecular weight is 300 g/mol. The number of morpholine rings is 1. The smallest absolute Gasteiger partial charge is 0.244 e. The van der Waals surface area contributed by atoms with Crippen molar-refractivity contribution in [2.45, 2.75) is 44.4 Å². The molecule has 1 aliphatic carbocycles. The molecule has 2 heterocycles. The lowest BCUT2D eigenvalue weighted by Crippen LogP contribution is -2.55. The molecule has 0 N–H and O–H groups in total. The second kappa shape index (κ2) is 5.68. The Hall–Kier alpha value is -1.95. The Morgan fingerprint density at radius 1 is 1.27 bits per heavy atom. The molecule has 1 aromatic heterocycles. The van der Waals surface area contributed by atoms with E-state index in [1.54, 1.807) is 4.68 Å². The molecule has 0 bridgehead atoms. The molecule has 1 aliphatic heterocycles. The van der Waals surface area contributed by atoms with Gasteiger partial charge in [0.15, 0.2) is 0 Å². The molecule has 0 spiro atoms. The van der Waals surface area contributed by atoms with Crippen LogP contribution >= 0.6 is 0 Å². The molecule has 1 saturated heterocycles. The Labute approximate surface area is 129 Å². The third-order valence-electron chi connectivity index (χ3n) is 4.76. The van der Waals surface area contributed by atoms with Gasteiger partial charge in [0.25, 0.3) is 0 Å². The minimum absolute atomic E-state index is 0.121. The Morgan fingerprint density at radius 2 is 2.14 bits per heavy atom. The van der Waals surface area contributed by atoms with Crippen LogP contribution in [0.5, 0.6) is 0 Å². The molecule has 6 heteroatoms. The fourth-order valence-corrected chi connectivity index (χ4v) is 3.66. The van der Waals surface area contributed by atoms with E-state index < -0.39 is 0 Å². The summed E-state index contributed by atoms with van der Waals surface area (Å²) in [6.45, 7) is 1.58. The monoisotopic (exact) mass is 300 g/mol. The number of hydrogen-bond acceptors (Lipinski definition) is 4. The average Bonchev–Trinajstić information content (AvgIpc) is 2.97. The highest BCUT2D eigenvalue weighted by atomic mass is 16.5. The van der Waals surface area contributed by atoms with E-state index in [-0.39, 0.29) is 24.6 Å². The molecule has 2 atom stereocenters. The van der Waals surface area contributed by atoms with Crippen molar-refractivity contribution in [1.82, 2.24) is 19.9 Å². The highest BCUT2D eigenvalue weighted by molar-refractivity contribution is 5.80. The van der Waals surface area contributed by atoms with E-state index in [1.165, 1.54) is 12.8 Å². The maximum atomic E-state index is 12.7. The van der Waals surface area contributed by atoms with Gasteiger partial charge in [-0.1, -0.05) is 30.2 Å². The van der Waals surface area contributed by atoms with Crippen molar-refractivity contribution < 1.29 is 9.53 Å². The second-order valence-corrected chi connectivity index (χ2v) is 6.08. The maximum absolute atomic E-state index is 12.7. The van der Waals surface area contributed by atoms with Gasteiger partial charge in [-0.3, -0.25) is 4.79 Å². The van der Waals surface area contributed by atoms with Gasteiger partial charge < -0.3 is 9.64 Å². The SMILES string of the molecule is O=C(Cn1nnc2ccccc21)N1CCO[C@H]2CCCC[C@H]21. The summed E-state index contributed by atoms with van der Waals surface area (Å²) in [4.78, 5) is 14.7. The number of nitrogens with zero attached hydrogens (tertiary/aromatic N) is 4. The van der Waals surface area contributed by atoms with E-state index in [1.807, 2.05) is 29.2 Å². The number of hydrogen-bond donors (Lipinski definition) is 0. The number of ether oxygens (including phenoxy) is 1. The van der Waals surface area contributed by atoms with Gasteiger partial charge in [-0.2, -0.15) is 0 Å². The van der Waals surface area contributed by atoms with E-state index >= 15 is 0 Å². The largest absolute Gasteiger partial charge is 0.374 e. The van der Waals surface area contributed by atoms with Gasteiger partial charge in [-0.15, -0.1) is 5.10 Å². The van der Waals surface area contributed by atoms with Crippen LogP contribution in [0, 0.1) is 0 Å². The highest BCUT2D eigenvalue weighted by Crippen LogP contribution is 2.28. The number of amides is 1. The van der Waals surface area contributed by atoms with Gasteiger partial charge >= 0.3 is 0 Å². The molecule has 1 saturated carbocycles. The van der Waals surface area contributed by atoms with Crippen molar-refractivity contribution >= 4 is 16.9 Å². The summed E-state index contributed by atoms with van der Waals surface area (Å²) in [5.41, 5.74) is 1.73. The minimum atomic E-state index is 0.121. The van der Waals surface area contributed by atoms with Crippen molar-refractivity contribution in [3.63, 3.8) is 0 Å². The molecule has 1 aromatic carbocycles. The molecule has 6 nitrogen and oxygen atoms in total. The topological polar surface area (TPSA) is 60.2 Å². The second-order valence-electron chi connectivity index (χ2n) is 6.08. The van der Waals surface area contributed by atoms with E-state index in [0.29, 0.717) is 13.2 Å². The standard InChI is InChI=1S/C16H20N4O2/c21-16(11-20-13-6-2-1-5-12(13)17-18-20)19-9-10-22-15-8-4-3-7-14(15)19/h1-2,5-6,14-15H,3-4,7-11H2/t14-,15+/m1/s1. The number of carbonyl (C=O) groups excluding carboxylic acids is 1. The van der Waals surface area contributed by atoms with Gasteiger partial charge in [-0.25, -0.2) is 4.68 Å². The minimum Gasteiger partial charge on any atom is -0.374 e. The maximum Gasteiger partial charge on any atom is 0.244 e. The van der Waals surface area contributed by atoms with Crippen LogP contribution in [0.1, 0.15) is 25.7 Å². The Morgan fingerprint density at radius 3 is 3.09 bits per heavy atom. The Bertz CT molecular complexity index is 682.